The molecule has 0 aromatic carbocycles. The van der Waals surface area contributed by atoms with Crippen molar-refractivity contribution < 1.29 is 24.5 Å². The summed E-state index contributed by atoms with van der Waals surface area (Å²) in [5.41, 5.74) is -2.12. The monoisotopic (exact) mass is 294 g/mol. The zero-order valence-electron chi connectivity index (χ0n) is 12.5. The summed E-state index contributed by atoms with van der Waals surface area (Å²) in [6.45, 7) is 3.61. The average molecular weight is 294 g/mol. The number of aliphatic hydroxyl groups is 1. The van der Waals surface area contributed by atoms with Crippen LogP contribution in [-0.4, -0.2) is 34.4 Å². The van der Waals surface area contributed by atoms with Crippen LogP contribution in [0.1, 0.15) is 39.5 Å². The number of carboxylic acids is 1. The topological polar surface area (TPSA) is 83.8 Å². The molecular formula is C16H22O5. The zero-order chi connectivity index (χ0) is 15.5. The quantitative estimate of drug-likeness (QED) is 0.599. The van der Waals surface area contributed by atoms with Gasteiger partial charge in [-0.1, -0.05) is 19.4 Å². The van der Waals surface area contributed by atoms with Crippen LogP contribution in [0.15, 0.2) is 12.2 Å². The Bertz CT molecular complexity index is 527. The Morgan fingerprint density at radius 2 is 2.14 bits per heavy atom. The van der Waals surface area contributed by atoms with E-state index in [1.54, 1.807) is 13.0 Å². The average Bonchev–Trinajstić information content (AvgIpc) is 2.77. The van der Waals surface area contributed by atoms with Crippen LogP contribution < -0.4 is 0 Å². The molecule has 116 valence electrons. The van der Waals surface area contributed by atoms with Gasteiger partial charge in [0.05, 0.1) is 18.4 Å². The number of rotatable bonds is 2. The molecule has 3 rings (SSSR count). The number of fused-ring (bicyclic) bond motifs is 3. The number of aliphatic hydroxyl groups excluding tert-OH is 1. The molecule has 2 aliphatic carbocycles. The summed E-state index contributed by atoms with van der Waals surface area (Å²) in [7, 11) is 0. The smallest absolute Gasteiger partial charge is 0.309 e. The van der Waals surface area contributed by atoms with E-state index in [2.05, 4.69) is 6.92 Å². The first kappa shape index (κ1) is 14.6. The van der Waals surface area contributed by atoms with E-state index < -0.39 is 17.0 Å². The Balaban J connectivity index is 2.11. The molecular weight excluding hydrogens is 272 g/mol. The highest BCUT2D eigenvalue weighted by Gasteiger charge is 2.64. The first-order valence-electron chi connectivity index (χ1n) is 7.54. The van der Waals surface area contributed by atoms with Crippen LogP contribution in [0.2, 0.25) is 0 Å². The number of allylic oxidation sites excluding steroid dienone is 1. The third kappa shape index (κ3) is 1.73. The number of hydrogen-bond acceptors (Lipinski definition) is 4. The fourth-order valence-corrected chi connectivity index (χ4v) is 5.00. The molecule has 0 spiro atoms. The van der Waals surface area contributed by atoms with E-state index in [1.807, 2.05) is 6.08 Å². The van der Waals surface area contributed by atoms with Crippen molar-refractivity contribution in [3.05, 3.63) is 12.2 Å². The Kier molecular flexibility index (Phi) is 3.00. The zero-order valence-corrected chi connectivity index (χ0v) is 12.5. The van der Waals surface area contributed by atoms with Gasteiger partial charge in [0.25, 0.3) is 0 Å². The van der Waals surface area contributed by atoms with Gasteiger partial charge in [-0.2, -0.15) is 0 Å². The number of carboxylic acid groups (broad SMARTS) is 1. The standard InChI is InChI=1S/C16H22O5/c1-14-5-3-6-15(2,13(19)20)10(14)4-7-16(9-17)11(14)8-12(18)21-16/h4,7,10-11,17H,3,5-6,8-9H2,1-2H3,(H,19,20). The van der Waals surface area contributed by atoms with Crippen molar-refractivity contribution in [1.82, 2.24) is 0 Å². The van der Waals surface area contributed by atoms with E-state index in [-0.39, 0.29) is 36.2 Å². The van der Waals surface area contributed by atoms with Crippen LogP contribution in [0.4, 0.5) is 0 Å². The summed E-state index contributed by atoms with van der Waals surface area (Å²) in [6.07, 6.45) is 6.18. The number of ether oxygens (including phenoxy) is 1. The van der Waals surface area contributed by atoms with Gasteiger partial charge in [0.15, 0.2) is 5.60 Å². The largest absolute Gasteiger partial charge is 0.481 e. The Morgan fingerprint density at radius 1 is 1.43 bits per heavy atom. The summed E-state index contributed by atoms with van der Waals surface area (Å²) in [5, 5.41) is 19.5. The molecule has 5 nitrogen and oxygen atoms in total. The van der Waals surface area contributed by atoms with Crippen LogP contribution in [0.5, 0.6) is 0 Å². The lowest BCUT2D eigenvalue weighted by molar-refractivity contribution is -0.167. The van der Waals surface area contributed by atoms with Crippen LogP contribution in [0.3, 0.4) is 0 Å². The van der Waals surface area contributed by atoms with Gasteiger partial charge in [-0.3, -0.25) is 9.59 Å². The fourth-order valence-electron chi connectivity index (χ4n) is 5.00. The van der Waals surface area contributed by atoms with Crippen molar-refractivity contribution in [2.45, 2.75) is 45.1 Å². The molecule has 21 heavy (non-hydrogen) atoms. The molecule has 3 aliphatic rings. The minimum Gasteiger partial charge on any atom is -0.481 e. The van der Waals surface area contributed by atoms with Crippen LogP contribution >= 0.6 is 0 Å². The maximum atomic E-state index is 11.8. The lowest BCUT2D eigenvalue weighted by Crippen LogP contribution is -2.57. The highest BCUT2D eigenvalue weighted by molar-refractivity contribution is 5.77. The first-order chi connectivity index (χ1) is 9.78. The van der Waals surface area contributed by atoms with Crippen molar-refractivity contribution in [3.63, 3.8) is 0 Å². The van der Waals surface area contributed by atoms with Crippen molar-refractivity contribution in [3.8, 4) is 0 Å². The van der Waals surface area contributed by atoms with Crippen molar-refractivity contribution in [1.29, 1.82) is 0 Å². The molecule has 1 heterocycles. The second-order valence-electron chi connectivity index (χ2n) is 7.26. The lowest BCUT2D eigenvalue weighted by Gasteiger charge is -2.56. The summed E-state index contributed by atoms with van der Waals surface area (Å²) in [4.78, 5) is 23.6. The minimum atomic E-state index is -0.959. The molecule has 0 amide bonds. The molecule has 1 saturated heterocycles. The number of hydrogen-bond donors (Lipinski definition) is 2. The number of carbonyl (C=O) groups is 2. The number of aliphatic carboxylic acids is 1. The second-order valence-corrected chi connectivity index (χ2v) is 7.26. The van der Waals surface area contributed by atoms with Crippen LogP contribution in [0.25, 0.3) is 0 Å². The molecule has 2 N–H and O–H groups in total. The third-order valence-electron chi connectivity index (χ3n) is 6.18. The molecule has 0 radical (unpaired) electrons. The first-order valence-corrected chi connectivity index (χ1v) is 7.54. The van der Waals surface area contributed by atoms with Gasteiger partial charge in [0, 0.05) is 5.92 Å². The van der Waals surface area contributed by atoms with Crippen molar-refractivity contribution in [2.24, 2.45) is 22.7 Å². The summed E-state index contributed by atoms with van der Waals surface area (Å²) >= 11 is 0. The highest BCUT2D eigenvalue weighted by atomic mass is 16.6. The Hall–Kier alpha value is -1.36. The van der Waals surface area contributed by atoms with Gasteiger partial charge in [-0.05, 0) is 37.2 Å². The van der Waals surface area contributed by atoms with Gasteiger partial charge < -0.3 is 14.9 Å². The van der Waals surface area contributed by atoms with Gasteiger partial charge >= 0.3 is 11.9 Å². The maximum absolute atomic E-state index is 11.8. The van der Waals surface area contributed by atoms with Crippen LogP contribution in [0, 0.1) is 22.7 Å². The fraction of sp³-hybridized carbons (Fsp3) is 0.750. The number of carbonyl (C=O) groups excluding carboxylic acids is 1. The molecule has 5 unspecified atom stereocenters. The van der Waals surface area contributed by atoms with E-state index in [1.165, 1.54) is 0 Å². The van der Waals surface area contributed by atoms with Crippen LogP contribution in [-0.2, 0) is 14.3 Å². The lowest BCUT2D eigenvalue weighted by atomic mass is 9.47. The molecule has 0 bridgehead atoms. The minimum absolute atomic E-state index is 0.143. The molecule has 2 fully saturated rings. The van der Waals surface area contributed by atoms with E-state index in [9.17, 15) is 19.8 Å². The molecule has 5 heteroatoms. The summed E-state index contributed by atoms with van der Waals surface area (Å²) in [6, 6.07) is 0. The highest BCUT2D eigenvalue weighted by Crippen LogP contribution is 2.62. The van der Waals surface area contributed by atoms with E-state index >= 15 is 0 Å². The summed E-state index contributed by atoms with van der Waals surface area (Å²) < 4.78 is 5.42. The maximum Gasteiger partial charge on any atom is 0.309 e. The van der Waals surface area contributed by atoms with Gasteiger partial charge in [-0.25, -0.2) is 0 Å². The van der Waals surface area contributed by atoms with Crippen molar-refractivity contribution in [2.75, 3.05) is 6.61 Å². The van der Waals surface area contributed by atoms with Crippen molar-refractivity contribution >= 4 is 11.9 Å². The predicted molar refractivity (Wildman–Crippen MR) is 74.3 cm³/mol. The molecule has 0 aromatic heterocycles. The molecule has 5 atom stereocenters. The van der Waals surface area contributed by atoms with E-state index in [0.717, 1.165) is 12.8 Å². The van der Waals surface area contributed by atoms with Gasteiger partial charge in [-0.15, -0.1) is 0 Å². The Morgan fingerprint density at radius 3 is 2.76 bits per heavy atom. The molecule has 1 aliphatic heterocycles. The third-order valence-corrected chi connectivity index (χ3v) is 6.18. The summed E-state index contributed by atoms with van der Waals surface area (Å²) in [5.74, 6) is -1.39. The predicted octanol–water partition coefficient (Wildman–Crippen LogP) is 1.75. The normalized spacial score (nSPS) is 48.4. The Labute approximate surface area is 124 Å². The number of esters is 1. The van der Waals surface area contributed by atoms with E-state index in [0.29, 0.717) is 6.42 Å². The van der Waals surface area contributed by atoms with Gasteiger partial charge in [0.2, 0.25) is 0 Å². The molecule has 1 saturated carbocycles. The SMILES string of the molecule is CC1(C(=O)O)CCCC2(C)C3CC(=O)OC3(CO)C=CC12. The molecule has 0 aromatic rings. The second kappa shape index (κ2) is 4.32. The van der Waals surface area contributed by atoms with E-state index in [4.69, 9.17) is 4.74 Å². The van der Waals surface area contributed by atoms with Gasteiger partial charge in [0.1, 0.15) is 0 Å².